The van der Waals surface area contributed by atoms with Gasteiger partial charge in [-0.3, -0.25) is 9.59 Å². The van der Waals surface area contributed by atoms with Gasteiger partial charge in [0.25, 0.3) is 0 Å². The van der Waals surface area contributed by atoms with Gasteiger partial charge in [-0.1, -0.05) is 48.5 Å². The number of carboxylic acid groups (broad SMARTS) is 1. The van der Waals surface area contributed by atoms with Crippen LogP contribution in [0.25, 0.3) is 11.1 Å². The van der Waals surface area contributed by atoms with Gasteiger partial charge in [-0.25, -0.2) is 4.79 Å². The molecule has 0 radical (unpaired) electrons. The number of fused-ring (bicyclic) bond motifs is 3. The van der Waals surface area contributed by atoms with E-state index in [-0.39, 0.29) is 37.3 Å². The van der Waals surface area contributed by atoms with Gasteiger partial charge in [0.2, 0.25) is 5.91 Å². The van der Waals surface area contributed by atoms with Gasteiger partial charge in [0, 0.05) is 25.0 Å². The normalized spacial score (nSPS) is 21.9. The summed E-state index contributed by atoms with van der Waals surface area (Å²) in [5, 5.41) is 14.7. The zero-order valence-corrected chi connectivity index (χ0v) is 18.8. The van der Waals surface area contributed by atoms with Crippen molar-refractivity contribution >= 4 is 18.0 Å². The number of hydrogen-bond donors (Lipinski definition) is 3. The molecule has 34 heavy (non-hydrogen) atoms. The molecule has 0 unspecified atom stereocenters. The van der Waals surface area contributed by atoms with Gasteiger partial charge >= 0.3 is 12.1 Å². The molecular weight excluding hydrogens is 436 g/mol. The van der Waals surface area contributed by atoms with Crippen LogP contribution in [0, 0.1) is 5.92 Å². The number of benzene rings is 2. The van der Waals surface area contributed by atoms with Crippen molar-refractivity contribution in [3.05, 3.63) is 59.7 Å². The first-order chi connectivity index (χ1) is 16.5. The number of carboxylic acids is 1. The molecule has 0 aromatic heterocycles. The third-order valence-corrected chi connectivity index (χ3v) is 7.06. The summed E-state index contributed by atoms with van der Waals surface area (Å²) < 4.78 is 11.2. The van der Waals surface area contributed by atoms with Crippen molar-refractivity contribution in [2.75, 3.05) is 19.8 Å². The molecule has 178 valence electrons. The molecular formula is C26H28N2O6. The van der Waals surface area contributed by atoms with Gasteiger partial charge in [-0.05, 0) is 41.5 Å². The average molecular weight is 465 g/mol. The zero-order valence-electron chi connectivity index (χ0n) is 18.8. The lowest BCUT2D eigenvalue weighted by molar-refractivity contribution is -0.138. The second-order valence-corrected chi connectivity index (χ2v) is 9.39. The summed E-state index contributed by atoms with van der Waals surface area (Å²) in [4.78, 5) is 36.2. The van der Waals surface area contributed by atoms with Gasteiger partial charge in [-0.2, -0.15) is 0 Å². The Morgan fingerprint density at radius 3 is 2.29 bits per heavy atom. The summed E-state index contributed by atoms with van der Waals surface area (Å²) in [6.07, 6.45) is 0.612. The van der Waals surface area contributed by atoms with Crippen LogP contribution in [0.1, 0.15) is 42.7 Å². The summed E-state index contributed by atoms with van der Waals surface area (Å²) in [7, 11) is 0. The van der Waals surface area contributed by atoms with E-state index in [1.54, 1.807) is 0 Å². The maximum Gasteiger partial charge on any atom is 0.407 e. The fourth-order valence-electron chi connectivity index (χ4n) is 5.12. The number of aliphatic carboxylic acids is 1. The minimum absolute atomic E-state index is 0.0181. The van der Waals surface area contributed by atoms with Gasteiger partial charge < -0.3 is 25.2 Å². The molecule has 1 heterocycles. The predicted molar refractivity (Wildman–Crippen MR) is 123 cm³/mol. The molecule has 0 spiro atoms. The number of alkyl carbamates (subject to hydrolysis) is 1. The van der Waals surface area contributed by atoms with Crippen molar-refractivity contribution in [2.24, 2.45) is 5.92 Å². The highest BCUT2D eigenvalue weighted by molar-refractivity contribution is 5.84. The fraction of sp³-hybridized carbons (Fsp3) is 0.423. The molecule has 1 aliphatic heterocycles. The Bertz CT molecular complexity index is 1070. The minimum Gasteiger partial charge on any atom is -0.481 e. The highest BCUT2D eigenvalue weighted by atomic mass is 16.5. The van der Waals surface area contributed by atoms with Crippen LogP contribution in [0.3, 0.4) is 0 Å². The van der Waals surface area contributed by atoms with Crippen LogP contribution in [0.5, 0.6) is 0 Å². The van der Waals surface area contributed by atoms with E-state index in [4.69, 9.17) is 14.6 Å². The smallest absolute Gasteiger partial charge is 0.407 e. The number of carbonyl (C=O) groups excluding carboxylic acids is 2. The lowest BCUT2D eigenvalue weighted by atomic mass is 9.98. The topological polar surface area (TPSA) is 114 Å². The molecule has 2 atom stereocenters. The number of rotatable bonds is 8. The molecule has 8 heteroatoms. The predicted octanol–water partition coefficient (Wildman–Crippen LogP) is 3.05. The van der Waals surface area contributed by atoms with Crippen molar-refractivity contribution in [1.82, 2.24) is 10.6 Å². The van der Waals surface area contributed by atoms with Crippen LogP contribution in [0.2, 0.25) is 0 Å². The summed E-state index contributed by atoms with van der Waals surface area (Å²) >= 11 is 0. The van der Waals surface area contributed by atoms with E-state index < -0.39 is 23.7 Å². The summed E-state index contributed by atoms with van der Waals surface area (Å²) in [5.41, 5.74) is 3.97. The van der Waals surface area contributed by atoms with Crippen molar-refractivity contribution < 1.29 is 29.0 Å². The van der Waals surface area contributed by atoms with Crippen LogP contribution in [0.4, 0.5) is 4.79 Å². The Kier molecular flexibility index (Phi) is 6.00. The molecule has 5 rings (SSSR count). The Hall–Kier alpha value is -3.39. The standard InChI is InChI=1S/C26H28N2O6/c29-22(30)13-26(10-11-26)28-24(31)23-16(9-12-33-23)14-27-25(32)34-15-21-19-7-3-1-5-17(19)18-6-2-4-8-20(18)21/h1-8,16,21,23H,9-15H2,(H,27,32)(H,28,31)(H,29,30)/t16-,23-/m1/s1. The maximum absolute atomic E-state index is 12.7. The first-order valence-electron chi connectivity index (χ1n) is 11.7. The summed E-state index contributed by atoms with van der Waals surface area (Å²) in [6.45, 7) is 0.893. The number of nitrogens with one attached hydrogen (secondary N) is 2. The van der Waals surface area contributed by atoms with E-state index in [2.05, 4.69) is 34.9 Å². The molecule has 3 aliphatic rings. The monoisotopic (exact) mass is 464 g/mol. The van der Waals surface area contributed by atoms with E-state index in [1.807, 2.05) is 24.3 Å². The lowest BCUT2D eigenvalue weighted by Crippen LogP contribution is -2.47. The third kappa shape index (κ3) is 4.50. The zero-order chi connectivity index (χ0) is 23.7. The Balaban J connectivity index is 1.14. The first kappa shape index (κ1) is 22.4. The van der Waals surface area contributed by atoms with Crippen LogP contribution in [0.15, 0.2) is 48.5 Å². The minimum atomic E-state index is -0.932. The number of carbonyl (C=O) groups is 3. The van der Waals surface area contributed by atoms with Crippen LogP contribution >= 0.6 is 0 Å². The van der Waals surface area contributed by atoms with E-state index in [9.17, 15) is 14.4 Å². The van der Waals surface area contributed by atoms with Crippen molar-refractivity contribution in [2.45, 2.75) is 43.2 Å². The van der Waals surface area contributed by atoms with Crippen LogP contribution in [-0.2, 0) is 19.1 Å². The third-order valence-electron chi connectivity index (χ3n) is 7.06. The second-order valence-electron chi connectivity index (χ2n) is 9.39. The van der Waals surface area contributed by atoms with Crippen LogP contribution in [-0.4, -0.2) is 54.5 Å². The largest absolute Gasteiger partial charge is 0.481 e. The average Bonchev–Trinajstić information content (AvgIpc) is 3.27. The molecule has 2 aliphatic carbocycles. The highest BCUT2D eigenvalue weighted by Gasteiger charge is 2.48. The Morgan fingerprint density at radius 2 is 1.68 bits per heavy atom. The molecule has 0 bridgehead atoms. The number of amides is 2. The maximum atomic E-state index is 12.7. The summed E-state index contributed by atoms with van der Waals surface area (Å²) in [6, 6.07) is 16.3. The van der Waals surface area contributed by atoms with E-state index in [0.29, 0.717) is 25.9 Å². The molecule has 2 aromatic rings. The van der Waals surface area contributed by atoms with Crippen molar-refractivity contribution in [1.29, 1.82) is 0 Å². The number of ether oxygens (including phenoxy) is 2. The Labute approximate surface area is 197 Å². The molecule has 2 fully saturated rings. The second kappa shape index (κ2) is 9.10. The van der Waals surface area contributed by atoms with Gasteiger partial charge in [0.15, 0.2) is 0 Å². The van der Waals surface area contributed by atoms with Crippen LogP contribution < -0.4 is 10.6 Å². The van der Waals surface area contributed by atoms with E-state index in [0.717, 1.165) is 11.1 Å². The fourth-order valence-corrected chi connectivity index (χ4v) is 5.12. The Morgan fingerprint density at radius 1 is 1.03 bits per heavy atom. The molecule has 8 nitrogen and oxygen atoms in total. The van der Waals surface area contributed by atoms with Gasteiger partial charge in [0.05, 0.1) is 12.0 Å². The molecule has 1 saturated heterocycles. The summed E-state index contributed by atoms with van der Waals surface area (Å²) in [5.74, 6) is -1.45. The quantitative estimate of drug-likeness (QED) is 0.553. The lowest BCUT2D eigenvalue weighted by Gasteiger charge is -2.22. The van der Waals surface area contributed by atoms with Crippen molar-refractivity contribution in [3.8, 4) is 11.1 Å². The molecule has 2 aromatic carbocycles. The van der Waals surface area contributed by atoms with Gasteiger partial charge in [0.1, 0.15) is 12.7 Å². The SMILES string of the molecule is O=C(O)CC1(NC(=O)[C@@H]2OCC[C@@H]2CNC(=O)OCC2c3ccccc3-c3ccccc32)CC1. The van der Waals surface area contributed by atoms with Gasteiger partial charge in [-0.15, -0.1) is 0 Å². The van der Waals surface area contributed by atoms with Crippen molar-refractivity contribution in [3.63, 3.8) is 0 Å². The number of hydrogen-bond acceptors (Lipinski definition) is 5. The molecule has 2 amide bonds. The van der Waals surface area contributed by atoms with E-state index in [1.165, 1.54) is 11.1 Å². The van der Waals surface area contributed by atoms with E-state index >= 15 is 0 Å². The first-order valence-corrected chi connectivity index (χ1v) is 11.7. The molecule has 1 saturated carbocycles. The highest BCUT2D eigenvalue weighted by Crippen LogP contribution is 2.44. The molecule has 3 N–H and O–H groups in total.